The Bertz CT molecular complexity index is 493. The lowest BCUT2D eigenvalue weighted by Gasteiger charge is -2.14. The molecule has 20 heavy (non-hydrogen) atoms. The van der Waals surface area contributed by atoms with Crippen molar-refractivity contribution in [2.24, 2.45) is 0 Å². The second kappa shape index (κ2) is 9.68. The van der Waals surface area contributed by atoms with Crippen LogP contribution >= 0.6 is 0 Å². The van der Waals surface area contributed by atoms with Crippen molar-refractivity contribution >= 4 is 5.69 Å². The van der Waals surface area contributed by atoms with Gasteiger partial charge in [-0.15, -0.1) is 0 Å². The third kappa shape index (κ3) is 6.10. The fourth-order valence-corrected chi connectivity index (χ4v) is 1.65. The molecule has 0 saturated heterocycles. The summed E-state index contributed by atoms with van der Waals surface area (Å²) in [4.78, 5) is 0. The molecule has 0 fully saturated rings. The lowest BCUT2D eigenvalue weighted by molar-refractivity contribution is 0.981. The molecule has 0 heterocycles. The van der Waals surface area contributed by atoms with Crippen LogP contribution in [-0.4, -0.2) is 0 Å². The molecule has 0 saturated carbocycles. The first kappa shape index (κ1) is 15.8. The van der Waals surface area contributed by atoms with Crippen LogP contribution < -0.4 is 10.6 Å². The summed E-state index contributed by atoms with van der Waals surface area (Å²) in [5.41, 5.74) is 2.14. The molecule has 2 nitrogen and oxygen atoms in total. The van der Waals surface area contributed by atoms with E-state index < -0.39 is 0 Å². The fraction of sp³-hybridized carbons (Fsp3) is 0.222. The summed E-state index contributed by atoms with van der Waals surface area (Å²) in [5.74, 6) is 0.997. The Morgan fingerprint density at radius 3 is 2.45 bits per heavy atom. The predicted octanol–water partition coefficient (Wildman–Crippen LogP) is 4.98. The minimum atomic E-state index is 0.970. The van der Waals surface area contributed by atoms with Crippen LogP contribution in [-0.2, 0) is 0 Å². The second-order valence-corrected chi connectivity index (χ2v) is 4.27. The van der Waals surface area contributed by atoms with Crippen molar-refractivity contribution in [3.63, 3.8) is 0 Å². The summed E-state index contributed by atoms with van der Waals surface area (Å²) < 4.78 is 0. The van der Waals surface area contributed by atoms with Gasteiger partial charge in [-0.1, -0.05) is 49.4 Å². The summed E-state index contributed by atoms with van der Waals surface area (Å²) in [6, 6.07) is 10.2. The van der Waals surface area contributed by atoms with Crippen LogP contribution in [0.3, 0.4) is 0 Å². The van der Waals surface area contributed by atoms with E-state index in [2.05, 4.69) is 47.9 Å². The van der Waals surface area contributed by atoms with E-state index in [1.54, 1.807) is 0 Å². The third-order valence-electron chi connectivity index (χ3n) is 2.63. The molecule has 1 rings (SSSR count). The summed E-state index contributed by atoms with van der Waals surface area (Å²) in [6.45, 7) is 6.15. The van der Waals surface area contributed by atoms with Gasteiger partial charge in [0.1, 0.15) is 5.82 Å². The van der Waals surface area contributed by atoms with Gasteiger partial charge >= 0.3 is 0 Å². The van der Waals surface area contributed by atoms with Crippen molar-refractivity contribution in [1.29, 1.82) is 0 Å². The fourth-order valence-electron chi connectivity index (χ4n) is 1.65. The van der Waals surface area contributed by atoms with Gasteiger partial charge in [0.2, 0.25) is 0 Å². The predicted molar refractivity (Wildman–Crippen MR) is 89.3 cm³/mol. The zero-order valence-corrected chi connectivity index (χ0v) is 12.6. The van der Waals surface area contributed by atoms with Crippen molar-refractivity contribution < 1.29 is 0 Å². The zero-order valence-electron chi connectivity index (χ0n) is 12.6. The van der Waals surface area contributed by atoms with Gasteiger partial charge in [-0.05, 0) is 44.6 Å². The third-order valence-corrected chi connectivity index (χ3v) is 2.63. The molecule has 0 spiro atoms. The molecule has 0 aliphatic heterocycles. The SMILES string of the molecule is C\C=C/C=C\C(=C/C)N/C(=C\CC)Nc1ccccc1. The largest absolute Gasteiger partial charge is 0.342 e. The number of rotatable bonds is 7. The number of anilines is 1. The lowest BCUT2D eigenvalue weighted by atomic mass is 10.3. The number of hydrogen-bond acceptors (Lipinski definition) is 2. The van der Waals surface area contributed by atoms with Crippen LogP contribution in [0.15, 0.2) is 78.3 Å². The number of hydrogen-bond donors (Lipinski definition) is 2. The second-order valence-electron chi connectivity index (χ2n) is 4.27. The van der Waals surface area contributed by atoms with Crippen LogP contribution in [0.25, 0.3) is 0 Å². The Kier molecular flexibility index (Phi) is 7.66. The van der Waals surface area contributed by atoms with Gasteiger partial charge < -0.3 is 10.6 Å². The van der Waals surface area contributed by atoms with E-state index in [0.29, 0.717) is 0 Å². The van der Waals surface area contributed by atoms with Crippen LogP contribution in [0.2, 0.25) is 0 Å². The van der Waals surface area contributed by atoms with Gasteiger partial charge in [0.15, 0.2) is 0 Å². The normalized spacial score (nSPS) is 13.2. The Hall–Kier alpha value is -2.22. The molecule has 0 aliphatic rings. The summed E-state index contributed by atoms with van der Waals surface area (Å²) in [5, 5.41) is 6.79. The van der Waals surface area contributed by atoms with E-state index in [4.69, 9.17) is 0 Å². The van der Waals surface area contributed by atoms with E-state index in [9.17, 15) is 0 Å². The van der Waals surface area contributed by atoms with Gasteiger partial charge in [-0.25, -0.2) is 0 Å². The van der Waals surface area contributed by atoms with Gasteiger partial charge in [-0.3, -0.25) is 0 Å². The summed E-state index contributed by atoms with van der Waals surface area (Å²) >= 11 is 0. The van der Waals surface area contributed by atoms with Crippen molar-refractivity contribution in [2.75, 3.05) is 5.32 Å². The number of nitrogens with one attached hydrogen (secondary N) is 2. The highest BCUT2D eigenvalue weighted by Crippen LogP contribution is 2.09. The minimum Gasteiger partial charge on any atom is -0.342 e. The highest BCUT2D eigenvalue weighted by atomic mass is 15.1. The Morgan fingerprint density at radius 1 is 1.10 bits per heavy atom. The lowest BCUT2D eigenvalue weighted by Crippen LogP contribution is -2.18. The Labute approximate surface area is 122 Å². The molecule has 0 atom stereocenters. The van der Waals surface area contributed by atoms with Crippen LogP contribution in [0.5, 0.6) is 0 Å². The first-order chi connectivity index (χ1) is 9.80. The van der Waals surface area contributed by atoms with Crippen LogP contribution in [0.1, 0.15) is 27.2 Å². The smallest absolute Gasteiger partial charge is 0.103 e. The van der Waals surface area contributed by atoms with Crippen molar-refractivity contribution in [3.05, 3.63) is 78.3 Å². The van der Waals surface area contributed by atoms with E-state index in [-0.39, 0.29) is 0 Å². The molecule has 0 unspecified atom stereocenters. The average molecular weight is 268 g/mol. The maximum atomic E-state index is 3.40. The van der Waals surface area contributed by atoms with E-state index >= 15 is 0 Å². The molecule has 0 aliphatic carbocycles. The number of para-hydroxylation sites is 1. The van der Waals surface area contributed by atoms with E-state index in [1.165, 1.54) is 0 Å². The molecule has 0 radical (unpaired) electrons. The van der Waals surface area contributed by atoms with Gasteiger partial charge in [0, 0.05) is 11.4 Å². The molecule has 1 aromatic rings. The van der Waals surface area contributed by atoms with Crippen molar-refractivity contribution in [3.8, 4) is 0 Å². The molecule has 2 heteroatoms. The molecular formula is C18H24N2. The van der Waals surface area contributed by atoms with Crippen LogP contribution in [0, 0.1) is 0 Å². The molecule has 2 N–H and O–H groups in total. The Morgan fingerprint density at radius 2 is 1.85 bits per heavy atom. The van der Waals surface area contributed by atoms with Gasteiger partial charge in [0.25, 0.3) is 0 Å². The highest BCUT2D eigenvalue weighted by Gasteiger charge is 1.98. The molecule has 0 bridgehead atoms. The first-order valence-corrected chi connectivity index (χ1v) is 7.05. The van der Waals surface area contributed by atoms with Crippen molar-refractivity contribution in [2.45, 2.75) is 27.2 Å². The topological polar surface area (TPSA) is 24.1 Å². The molecule has 0 amide bonds. The first-order valence-electron chi connectivity index (χ1n) is 7.05. The van der Waals surface area contributed by atoms with E-state index in [1.807, 2.05) is 50.3 Å². The molecule has 1 aromatic carbocycles. The van der Waals surface area contributed by atoms with Crippen LogP contribution in [0.4, 0.5) is 5.69 Å². The quantitative estimate of drug-likeness (QED) is 0.682. The molecule has 106 valence electrons. The maximum Gasteiger partial charge on any atom is 0.103 e. The zero-order chi connectivity index (χ0) is 14.6. The van der Waals surface area contributed by atoms with Crippen molar-refractivity contribution in [1.82, 2.24) is 5.32 Å². The van der Waals surface area contributed by atoms with Gasteiger partial charge in [0.05, 0.1) is 0 Å². The standard InChI is InChI=1S/C18H24N2/c1-4-7-9-13-16(6-3)19-18(12-5-2)20-17-14-10-8-11-15-17/h4,6-15,19-20H,5H2,1-3H3/b7-4-,13-9-,16-6+,18-12+. The molecular weight excluding hydrogens is 244 g/mol. The number of allylic oxidation sites excluding steroid dienone is 6. The number of benzene rings is 1. The average Bonchev–Trinajstić information content (AvgIpc) is 2.47. The minimum absolute atomic E-state index is 0.970. The van der Waals surface area contributed by atoms with E-state index in [0.717, 1.165) is 23.6 Å². The summed E-state index contributed by atoms with van der Waals surface area (Å²) in [7, 11) is 0. The van der Waals surface area contributed by atoms with Gasteiger partial charge in [-0.2, -0.15) is 0 Å². The monoisotopic (exact) mass is 268 g/mol. The summed E-state index contributed by atoms with van der Waals surface area (Å²) in [6.07, 6.45) is 13.3. The molecule has 0 aromatic heterocycles. The highest BCUT2D eigenvalue weighted by molar-refractivity contribution is 5.48. The Balaban J connectivity index is 2.74. The maximum absolute atomic E-state index is 3.40.